The number of hydrogen-bond donors (Lipinski definition) is 1. The summed E-state index contributed by atoms with van der Waals surface area (Å²) in [5, 5.41) is 3.04. The first kappa shape index (κ1) is 16.2. The molecule has 23 heavy (non-hydrogen) atoms. The number of piperidine rings is 1. The molecule has 0 spiro atoms. The molecule has 8 heteroatoms. The molecule has 1 atom stereocenters. The van der Waals surface area contributed by atoms with Crippen molar-refractivity contribution in [3.63, 3.8) is 0 Å². The molecule has 2 aliphatic heterocycles. The molecule has 2 N–H and O–H groups in total. The lowest BCUT2D eigenvalue weighted by Crippen LogP contribution is -2.52. The lowest BCUT2D eigenvalue weighted by Gasteiger charge is -2.36. The molecule has 0 aliphatic carbocycles. The second-order valence-corrected chi connectivity index (χ2v) is 7.03. The highest BCUT2D eigenvalue weighted by Crippen LogP contribution is 2.19. The second-order valence-electron chi connectivity index (χ2n) is 6.16. The molecule has 7 nitrogen and oxygen atoms in total. The molecule has 0 saturated carbocycles. The van der Waals surface area contributed by atoms with Crippen LogP contribution in [0.15, 0.2) is 11.6 Å². The van der Waals surface area contributed by atoms with Crippen LogP contribution in [0.25, 0.3) is 0 Å². The number of thiazole rings is 1. The minimum atomic E-state index is -0.292. The number of likely N-dealkylation sites (tertiary alicyclic amines) is 1. The maximum absolute atomic E-state index is 12.5. The van der Waals surface area contributed by atoms with Gasteiger partial charge in [0.2, 0.25) is 11.8 Å². The number of nitrogens with two attached hydrogens (primary N) is 1. The fourth-order valence-corrected chi connectivity index (χ4v) is 3.89. The van der Waals surface area contributed by atoms with Gasteiger partial charge in [0.25, 0.3) is 0 Å². The predicted molar refractivity (Wildman–Crippen MR) is 89.3 cm³/mol. The number of carbonyl (C=O) groups excluding carboxylic acids is 2. The summed E-state index contributed by atoms with van der Waals surface area (Å²) < 4.78 is 0. The van der Waals surface area contributed by atoms with Crippen LogP contribution in [0.3, 0.4) is 0 Å². The van der Waals surface area contributed by atoms with Gasteiger partial charge in [-0.05, 0) is 12.8 Å². The van der Waals surface area contributed by atoms with E-state index in [0.29, 0.717) is 13.1 Å². The monoisotopic (exact) mass is 337 g/mol. The van der Waals surface area contributed by atoms with E-state index in [-0.39, 0.29) is 17.7 Å². The number of nitrogens with zero attached hydrogens (tertiary/aromatic N) is 4. The van der Waals surface area contributed by atoms with Crippen LogP contribution in [0.1, 0.15) is 12.8 Å². The normalized spacial score (nSPS) is 23.0. The van der Waals surface area contributed by atoms with Gasteiger partial charge in [-0.15, -0.1) is 11.3 Å². The van der Waals surface area contributed by atoms with E-state index >= 15 is 0 Å². The summed E-state index contributed by atoms with van der Waals surface area (Å²) in [7, 11) is 0. The number of piperazine rings is 1. The molecule has 2 amide bonds. The van der Waals surface area contributed by atoms with Crippen molar-refractivity contribution < 1.29 is 9.59 Å². The number of hydrogen-bond acceptors (Lipinski definition) is 6. The van der Waals surface area contributed by atoms with Crippen molar-refractivity contribution in [3.05, 3.63) is 11.6 Å². The molecule has 0 aromatic carbocycles. The molecule has 3 rings (SSSR count). The third-order valence-electron chi connectivity index (χ3n) is 4.60. The molecule has 1 aromatic heterocycles. The summed E-state index contributed by atoms with van der Waals surface area (Å²) in [6.07, 6.45) is 3.48. The number of rotatable bonds is 4. The Morgan fingerprint density at radius 1 is 1.26 bits per heavy atom. The van der Waals surface area contributed by atoms with E-state index < -0.39 is 0 Å². The van der Waals surface area contributed by atoms with Crippen molar-refractivity contribution in [2.45, 2.75) is 12.8 Å². The Bertz CT molecular complexity index is 542. The SMILES string of the molecule is NC(=O)C1CCCN(C(=O)CN2CCN(c3nccs3)CC2)C1. The number of carbonyl (C=O) groups is 2. The fraction of sp³-hybridized carbons (Fsp3) is 0.667. The van der Waals surface area contributed by atoms with Crippen LogP contribution in [0, 0.1) is 5.92 Å². The van der Waals surface area contributed by atoms with Crippen molar-refractivity contribution in [2.24, 2.45) is 11.7 Å². The molecule has 1 aromatic rings. The van der Waals surface area contributed by atoms with E-state index in [4.69, 9.17) is 5.73 Å². The van der Waals surface area contributed by atoms with Gasteiger partial charge in [0.15, 0.2) is 5.13 Å². The number of aromatic nitrogens is 1. The average Bonchev–Trinajstić information content (AvgIpc) is 3.10. The summed E-state index contributed by atoms with van der Waals surface area (Å²) in [5.41, 5.74) is 5.38. The van der Waals surface area contributed by atoms with Crippen LogP contribution in [-0.2, 0) is 9.59 Å². The van der Waals surface area contributed by atoms with Crippen molar-refractivity contribution in [2.75, 3.05) is 50.7 Å². The summed E-state index contributed by atoms with van der Waals surface area (Å²) in [6.45, 7) is 5.15. The van der Waals surface area contributed by atoms with E-state index in [0.717, 1.165) is 50.7 Å². The van der Waals surface area contributed by atoms with Gasteiger partial charge < -0.3 is 15.5 Å². The molecular weight excluding hydrogens is 314 g/mol. The van der Waals surface area contributed by atoms with Crippen molar-refractivity contribution in [3.8, 4) is 0 Å². The largest absolute Gasteiger partial charge is 0.369 e. The summed E-state index contributed by atoms with van der Waals surface area (Å²) in [4.78, 5) is 34.3. The molecular formula is C15H23N5O2S. The topological polar surface area (TPSA) is 82.8 Å². The zero-order valence-corrected chi connectivity index (χ0v) is 14.0. The van der Waals surface area contributed by atoms with Gasteiger partial charge in [-0.3, -0.25) is 14.5 Å². The van der Waals surface area contributed by atoms with Crippen LogP contribution in [0.4, 0.5) is 5.13 Å². The van der Waals surface area contributed by atoms with Gasteiger partial charge in [0, 0.05) is 50.8 Å². The fourth-order valence-electron chi connectivity index (χ4n) is 3.20. The third-order valence-corrected chi connectivity index (χ3v) is 5.43. The molecule has 0 radical (unpaired) electrons. The number of primary amides is 1. The van der Waals surface area contributed by atoms with Crippen molar-refractivity contribution in [1.29, 1.82) is 0 Å². The van der Waals surface area contributed by atoms with Crippen molar-refractivity contribution in [1.82, 2.24) is 14.8 Å². The smallest absolute Gasteiger partial charge is 0.236 e. The van der Waals surface area contributed by atoms with Gasteiger partial charge >= 0.3 is 0 Å². The highest BCUT2D eigenvalue weighted by atomic mass is 32.1. The Morgan fingerprint density at radius 2 is 2.04 bits per heavy atom. The van der Waals surface area contributed by atoms with Gasteiger partial charge in [-0.1, -0.05) is 0 Å². The first-order valence-electron chi connectivity index (χ1n) is 8.07. The Kier molecular flexibility index (Phi) is 5.12. The Labute approximate surface area is 140 Å². The van der Waals surface area contributed by atoms with Crippen molar-refractivity contribution >= 4 is 28.3 Å². The van der Waals surface area contributed by atoms with E-state index in [1.54, 1.807) is 16.2 Å². The Hall–Kier alpha value is -1.67. The van der Waals surface area contributed by atoms with E-state index in [1.165, 1.54) is 0 Å². The first-order chi connectivity index (χ1) is 11.1. The molecule has 1 unspecified atom stereocenters. The lowest BCUT2D eigenvalue weighted by atomic mass is 9.97. The van der Waals surface area contributed by atoms with Gasteiger partial charge in [0.1, 0.15) is 0 Å². The molecule has 2 saturated heterocycles. The highest BCUT2D eigenvalue weighted by molar-refractivity contribution is 7.13. The third kappa shape index (κ3) is 4.00. The minimum Gasteiger partial charge on any atom is -0.369 e. The quantitative estimate of drug-likeness (QED) is 0.835. The Morgan fingerprint density at radius 3 is 2.70 bits per heavy atom. The second kappa shape index (κ2) is 7.27. The maximum atomic E-state index is 12.5. The predicted octanol–water partition coefficient (Wildman–Crippen LogP) is -0.0110. The standard InChI is InChI=1S/C15H23N5O2S/c16-14(22)12-2-1-4-20(10-12)13(21)11-18-5-7-19(8-6-18)15-17-3-9-23-15/h3,9,12H,1-2,4-8,10-11H2,(H2,16,22). The molecule has 2 fully saturated rings. The summed E-state index contributed by atoms with van der Waals surface area (Å²) in [6, 6.07) is 0. The zero-order chi connectivity index (χ0) is 16.2. The molecule has 2 aliphatic rings. The highest BCUT2D eigenvalue weighted by Gasteiger charge is 2.28. The van der Waals surface area contributed by atoms with Crippen LogP contribution < -0.4 is 10.6 Å². The van der Waals surface area contributed by atoms with Gasteiger partial charge in [0.05, 0.1) is 12.5 Å². The molecule has 126 valence electrons. The first-order valence-corrected chi connectivity index (χ1v) is 8.95. The molecule has 0 bridgehead atoms. The van der Waals surface area contributed by atoms with Crippen LogP contribution >= 0.6 is 11.3 Å². The van der Waals surface area contributed by atoms with E-state index in [2.05, 4.69) is 14.8 Å². The number of anilines is 1. The van der Waals surface area contributed by atoms with E-state index in [1.807, 2.05) is 11.6 Å². The lowest BCUT2D eigenvalue weighted by molar-refractivity contribution is -0.136. The zero-order valence-electron chi connectivity index (χ0n) is 13.2. The van der Waals surface area contributed by atoms with Gasteiger partial charge in [-0.2, -0.15) is 0 Å². The van der Waals surface area contributed by atoms with Crippen LogP contribution in [-0.4, -0.2) is 72.4 Å². The Balaban J connectivity index is 1.46. The average molecular weight is 337 g/mol. The van der Waals surface area contributed by atoms with Gasteiger partial charge in [-0.25, -0.2) is 4.98 Å². The van der Waals surface area contributed by atoms with Crippen LogP contribution in [0.5, 0.6) is 0 Å². The van der Waals surface area contributed by atoms with Crippen LogP contribution in [0.2, 0.25) is 0 Å². The van der Waals surface area contributed by atoms with E-state index in [9.17, 15) is 9.59 Å². The number of amides is 2. The summed E-state index contributed by atoms with van der Waals surface area (Å²) in [5.74, 6) is -0.368. The molecule has 3 heterocycles. The maximum Gasteiger partial charge on any atom is 0.236 e. The minimum absolute atomic E-state index is 0.110. The summed E-state index contributed by atoms with van der Waals surface area (Å²) >= 11 is 1.65.